The third kappa shape index (κ3) is 15.8. The first-order valence-corrected chi connectivity index (χ1v) is 5.65. The van der Waals surface area contributed by atoms with E-state index in [1.54, 1.807) is 7.11 Å². The first-order chi connectivity index (χ1) is 7.26. The number of pyridine rings is 1. The van der Waals surface area contributed by atoms with Gasteiger partial charge >= 0.3 is 0 Å². The molecule has 0 spiro atoms. The van der Waals surface area contributed by atoms with E-state index in [0.29, 0.717) is 0 Å². The van der Waals surface area contributed by atoms with Gasteiger partial charge in [0.25, 0.3) is 0 Å². The maximum Gasteiger partial charge on any atom is 0.0433 e. The molecule has 1 rings (SSSR count). The van der Waals surface area contributed by atoms with E-state index in [1.807, 2.05) is 31.3 Å². The predicted molar refractivity (Wildman–Crippen MR) is 67.1 cm³/mol. The molecule has 15 heavy (non-hydrogen) atoms. The van der Waals surface area contributed by atoms with Crippen molar-refractivity contribution in [2.45, 2.75) is 40.5 Å². The van der Waals surface area contributed by atoms with E-state index in [-0.39, 0.29) is 0 Å². The molecule has 1 aromatic rings. The highest BCUT2D eigenvalue weighted by atomic mass is 16.5. The van der Waals surface area contributed by atoms with E-state index >= 15 is 0 Å². The number of hydrogen-bond donors (Lipinski definition) is 0. The van der Waals surface area contributed by atoms with Crippen LogP contribution >= 0.6 is 0 Å². The molecule has 0 aliphatic heterocycles. The van der Waals surface area contributed by atoms with E-state index in [2.05, 4.69) is 30.5 Å². The molecule has 2 heteroatoms. The van der Waals surface area contributed by atoms with Gasteiger partial charge in [0, 0.05) is 25.6 Å². The Morgan fingerprint density at radius 1 is 1.13 bits per heavy atom. The lowest BCUT2D eigenvalue weighted by atomic mass is 10.3. The highest BCUT2D eigenvalue weighted by Crippen LogP contribution is 1.91. The van der Waals surface area contributed by atoms with Crippen molar-refractivity contribution in [1.29, 1.82) is 0 Å². The van der Waals surface area contributed by atoms with E-state index in [9.17, 15) is 0 Å². The summed E-state index contributed by atoms with van der Waals surface area (Å²) in [6, 6.07) is 5.96. The van der Waals surface area contributed by atoms with Gasteiger partial charge in [0.2, 0.25) is 0 Å². The van der Waals surface area contributed by atoms with Gasteiger partial charge in [-0.25, -0.2) is 0 Å². The lowest BCUT2D eigenvalue weighted by Crippen LogP contribution is -1.81. The second-order valence-corrected chi connectivity index (χ2v) is 2.96. The van der Waals surface area contributed by atoms with Gasteiger partial charge < -0.3 is 4.74 Å². The fourth-order valence-corrected chi connectivity index (χ4v) is 0.607. The van der Waals surface area contributed by atoms with Crippen LogP contribution in [0.15, 0.2) is 24.4 Å². The van der Waals surface area contributed by atoms with Crippen molar-refractivity contribution in [2.24, 2.45) is 0 Å². The fourth-order valence-electron chi connectivity index (χ4n) is 0.607. The Hall–Kier alpha value is -0.890. The van der Waals surface area contributed by atoms with Crippen molar-refractivity contribution in [3.05, 3.63) is 30.1 Å². The highest BCUT2D eigenvalue weighted by Gasteiger charge is 1.81. The minimum absolute atomic E-state index is 0.819. The second-order valence-electron chi connectivity index (χ2n) is 2.96. The van der Waals surface area contributed by atoms with E-state index in [4.69, 9.17) is 0 Å². The normalized spacial score (nSPS) is 8.07. The smallest absolute Gasteiger partial charge is 0.0433 e. The predicted octanol–water partition coefficient (Wildman–Crippen LogP) is 3.71. The quantitative estimate of drug-likeness (QED) is 0.744. The van der Waals surface area contributed by atoms with Crippen LogP contribution in [0.1, 0.15) is 39.8 Å². The van der Waals surface area contributed by atoms with Crippen LogP contribution in [0, 0.1) is 0 Å². The van der Waals surface area contributed by atoms with Crippen LogP contribution in [0.4, 0.5) is 0 Å². The first kappa shape index (κ1) is 16.5. The average molecular weight is 211 g/mol. The largest absolute Gasteiger partial charge is 0.385 e. The molecule has 0 N–H and O–H groups in total. The number of rotatable bonds is 2. The molecule has 0 bridgehead atoms. The molecular weight excluding hydrogens is 186 g/mol. The topological polar surface area (TPSA) is 22.1 Å². The molecule has 0 atom stereocenters. The maximum absolute atomic E-state index is 4.54. The summed E-state index contributed by atoms with van der Waals surface area (Å²) in [5.41, 5.74) is 1.16. The summed E-state index contributed by atoms with van der Waals surface area (Å²) in [5.74, 6) is 0. The zero-order valence-corrected chi connectivity index (χ0v) is 10.8. The van der Waals surface area contributed by atoms with Crippen LogP contribution in [0.5, 0.6) is 0 Å². The molecule has 0 unspecified atom stereocenters. The van der Waals surface area contributed by atoms with Crippen molar-refractivity contribution in [1.82, 2.24) is 4.98 Å². The van der Waals surface area contributed by atoms with Crippen LogP contribution in [0.2, 0.25) is 0 Å². The molecule has 0 fully saturated rings. The third-order valence-electron chi connectivity index (χ3n) is 1.38. The van der Waals surface area contributed by atoms with Crippen molar-refractivity contribution >= 4 is 0 Å². The summed E-state index contributed by atoms with van der Waals surface area (Å²) < 4.78 is 4.54. The second kappa shape index (κ2) is 15.6. The number of aryl methyl sites for hydroxylation is 1. The summed E-state index contributed by atoms with van der Waals surface area (Å²) in [6.07, 6.45) is 4.10. The summed E-state index contributed by atoms with van der Waals surface area (Å²) in [4.78, 5) is 4.10. The zero-order chi connectivity index (χ0) is 11.9. The van der Waals surface area contributed by atoms with E-state index < -0.39 is 0 Å². The van der Waals surface area contributed by atoms with Crippen molar-refractivity contribution in [2.75, 3.05) is 13.7 Å². The summed E-state index contributed by atoms with van der Waals surface area (Å²) >= 11 is 0. The van der Waals surface area contributed by atoms with Crippen molar-refractivity contribution in [3.8, 4) is 0 Å². The molecule has 0 radical (unpaired) electrons. The Morgan fingerprint density at radius 2 is 1.67 bits per heavy atom. The zero-order valence-electron chi connectivity index (χ0n) is 10.8. The van der Waals surface area contributed by atoms with Gasteiger partial charge in [-0.2, -0.15) is 0 Å². The van der Waals surface area contributed by atoms with Gasteiger partial charge in [-0.1, -0.05) is 33.3 Å². The Morgan fingerprint density at radius 3 is 1.87 bits per heavy atom. The molecule has 0 saturated heterocycles. The molecule has 2 nitrogen and oxygen atoms in total. The van der Waals surface area contributed by atoms with Gasteiger partial charge in [-0.3, -0.25) is 4.98 Å². The highest BCUT2D eigenvalue weighted by molar-refractivity contribution is 5.02. The van der Waals surface area contributed by atoms with Crippen LogP contribution in [0.25, 0.3) is 0 Å². The number of hydrogen-bond acceptors (Lipinski definition) is 2. The van der Waals surface area contributed by atoms with E-state index in [1.165, 1.54) is 6.42 Å². The number of methoxy groups -OCH3 is 1. The summed E-state index contributed by atoms with van der Waals surface area (Å²) in [5, 5.41) is 0. The van der Waals surface area contributed by atoms with Crippen molar-refractivity contribution in [3.63, 3.8) is 0 Å². The SMILES string of the molecule is CCC.CCOC.CCc1ccccn1. The first-order valence-electron chi connectivity index (χ1n) is 5.65. The molecule has 88 valence electrons. The van der Waals surface area contributed by atoms with Gasteiger partial charge in [-0.15, -0.1) is 0 Å². The molecule has 0 amide bonds. The standard InChI is InChI=1S/C7H9N.C3H8O.C3H8/c1-2-7-5-3-4-6-8-7;1-3-4-2;1-3-2/h3-6H,2H2,1H3;3H2,1-2H3;3H2,1-2H3. The Balaban J connectivity index is 0. The molecular formula is C13H25NO. The number of aromatic nitrogens is 1. The van der Waals surface area contributed by atoms with Gasteiger partial charge in [-0.05, 0) is 25.5 Å². The number of nitrogens with zero attached hydrogens (tertiary/aromatic N) is 1. The van der Waals surface area contributed by atoms with Gasteiger partial charge in [0.15, 0.2) is 0 Å². The lowest BCUT2D eigenvalue weighted by Gasteiger charge is -1.88. The Bertz CT molecular complexity index is 185. The molecule has 0 aliphatic rings. The van der Waals surface area contributed by atoms with Gasteiger partial charge in [0.1, 0.15) is 0 Å². The van der Waals surface area contributed by atoms with E-state index in [0.717, 1.165) is 18.7 Å². The third-order valence-corrected chi connectivity index (χ3v) is 1.38. The minimum atomic E-state index is 0.819. The maximum atomic E-state index is 4.54. The van der Waals surface area contributed by atoms with Crippen LogP contribution in [0.3, 0.4) is 0 Å². The molecule has 1 aromatic heterocycles. The lowest BCUT2D eigenvalue weighted by molar-refractivity contribution is 0.215. The summed E-state index contributed by atoms with van der Waals surface area (Å²) in [6.45, 7) is 9.13. The minimum Gasteiger partial charge on any atom is -0.385 e. The Kier molecular flexibility index (Phi) is 17.2. The molecule has 0 aromatic carbocycles. The molecule has 1 heterocycles. The Labute approximate surface area is 94.7 Å². The number of ether oxygens (including phenoxy) is 1. The summed E-state index contributed by atoms with van der Waals surface area (Å²) in [7, 11) is 1.68. The fraction of sp³-hybridized carbons (Fsp3) is 0.615. The van der Waals surface area contributed by atoms with Crippen LogP contribution in [-0.4, -0.2) is 18.7 Å². The van der Waals surface area contributed by atoms with Crippen LogP contribution in [-0.2, 0) is 11.2 Å². The molecule has 0 saturated carbocycles. The molecule has 0 aliphatic carbocycles. The average Bonchev–Trinajstić information content (AvgIpc) is 2.31. The van der Waals surface area contributed by atoms with Gasteiger partial charge in [0.05, 0.1) is 0 Å². The van der Waals surface area contributed by atoms with Crippen LogP contribution < -0.4 is 0 Å². The van der Waals surface area contributed by atoms with Crippen molar-refractivity contribution < 1.29 is 4.74 Å². The monoisotopic (exact) mass is 211 g/mol.